The molecular weight excluding hydrogens is 246 g/mol. The van der Waals surface area contributed by atoms with Crippen molar-refractivity contribution in [2.45, 2.75) is 4.90 Å². The molecule has 0 saturated carbocycles. The van der Waals surface area contributed by atoms with Gasteiger partial charge in [0.1, 0.15) is 0 Å². The van der Waals surface area contributed by atoms with Crippen LogP contribution >= 0.6 is 11.8 Å². The molecule has 18 heavy (non-hydrogen) atoms. The lowest BCUT2D eigenvalue weighted by atomic mass is 10.2. The number of anilines is 2. The van der Waals surface area contributed by atoms with Crippen molar-refractivity contribution in [3.63, 3.8) is 0 Å². The number of nitrogen functional groups attached to an aromatic ring is 1. The van der Waals surface area contributed by atoms with Crippen LogP contribution in [0.5, 0.6) is 0 Å². The topological polar surface area (TPSA) is 68.0 Å². The second kappa shape index (κ2) is 5.55. The molecule has 0 spiro atoms. The molecule has 4 nitrogen and oxygen atoms in total. The molecule has 0 aliphatic carbocycles. The zero-order valence-electron chi connectivity index (χ0n) is 9.88. The average Bonchev–Trinajstić information content (AvgIpc) is 2.39. The fraction of sp³-hybridized carbons (Fsp3) is 0.0769. The fourth-order valence-corrected chi connectivity index (χ4v) is 2.09. The number of benzene rings is 1. The Labute approximate surface area is 110 Å². The smallest absolute Gasteiger partial charge is 0.259 e. The quantitative estimate of drug-likeness (QED) is 0.831. The third-order valence-corrected chi connectivity index (χ3v) is 3.25. The van der Waals surface area contributed by atoms with E-state index in [1.807, 2.05) is 30.5 Å². The summed E-state index contributed by atoms with van der Waals surface area (Å²) in [5.41, 5.74) is 7.32. The predicted molar refractivity (Wildman–Crippen MR) is 74.8 cm³/mol. The second-order valence-electron chi connectivity index (χ2n) is 3.62. The third-order valence-electron chi connectivity index (χ3n) is 2.45. The number of hydrogen-bond donors (Lipinski definition) is 2. The van der Waals surface area contributed by atoms with E-state index in [2.05, 4.69) is 10.3 Å². The third kappa shape index (κ3) is 2.62. The van der Waals surface area contributed by atoms with Crippen LogP contribution in [0.25, 0.3) is 0 Å². The highest BCUT2D eigenvalue weighted by atomic mass is 32.2. The van der Waals surface area contributed by atoms with E-state index in [4.69, 9.17) is 5.73 Å². The van der Waals surface area contributed by atoms with E-state index in [0.29, 0.717) is 11.3 Å². The number of rotatable bonds is 3. The average molecular weight is 259 g/mol. The molecule has 2 rings (SSSR count). The number of pyridine rings is 1. The lowest BCUT2D eigenvalue weighted by Gasteiger charge is -2.10. The lowest BCUT2D eigenvalue weighted by Crippen LogP contribution is -2.14. The molecule has 1 aromatic carbocycles. The van der Waals surface area contributed by atoms with Gasteiger partial charge in [-0.15, -0.1) is 11.8 Å². The highest BCUT2D eigenvalue weighted by Crippen LogP contribution is 2.25. The largest absolute Gasteiger partial charge is 0.398 e. The predicted octanol–water partition coefficient (Wildman–Crippen LogP) is 2.64. The zero-order chi connectivity index (χ0) is 13.0. The van der Waals surface area contributed by atoms with E-state index in [1.54, 1.807) is 24.0 Å². The van der Waals surface area contributed by atoms with E-state index < -0.39 is 0 Å². The first-order valence-electron chi connectivity index (χ1n) is 5.36. The van der Waals surface area contributed by atoms with Crippen molar-refractivity contribution >= 4 is 29.0 Å². The summed E-state index contributed by atoms with van der Waals surface area (Å²) in [5, 5.41) is 2.84. The van der Waals surface area contributed by atoms with Crippen molar-refractivity contribution in [3.8, 4) is 0 Å². The molecule has 0 fully saturated rings. The minimum absolute atomic E-state index is 0.248. The summed E-state index contributed by atoms with van der Waals surface area (Å²) < 4.78 is 0. The van der Waals surface area contributed by atoms with Gasteiger partial charge in [0.2, 0.25) is 0 Å². The molecule has 92 valence electrons. The van der Waals surface area contributed by atoms with Crippen LogP contribution in [0.15, 0.2) is 47.6 Å². The Hall–Kier alpha value is -2.01. The molecule has 0 saturated heterocycles. The van der Waals surface area contributed by atoms with Crippen LogP contribution in [0.4, 0.5) is 11.4 Å². The minimum atomic E-state index is -0.248. The number of carbonyl (C=O) groups excluding carboxylic acids is 1. The molecule has 0 aliphatic heterocycles. The van der Waals surface area contributed by atoms with Crippen LogP contribution in [0, 0.1) is 0 Å². The molecule has 1 amide bonds. The van der Waals surface area contributed by atoms with Gasteiger partial charge in [-0.05, 0) is 24.5 Å². The molecule has 0 atom stereocenters. The Bertz CT molecular complexity index is 572. The van der Waals surface area contributed by atoms with Gasteiger partial charge in [-0.2, -0.15) is 0 Å². The number of hydrogen-bond acceptors (Lipinski definition) is 4. The molecule has 0 unspecified atom stereocenters. The van der Waals surface area contributed by atoms with Crippen LogP contribution < -0.4 is 11.1 Å². The van der Waals surface area contributed by atoms with Gasteiger partial charge in [-0.25, -0.2) is 0 Å². The minimum Gasteiger partial charge on any atom is -0.398 e. The van der Waals surface area contributed by atoms with Crippen LogP contribution in [-0.2, 0) is 0 Å². The first kappa shape index (κ1) is 12.4. The number of amides is 1. The molecule has 3 N–H and O–H groups in total. The van der Waals surface area contributed by atoms with E-state index in [9.17, 15) is 4.79 Å². The molecule has 1 heterocycles. The van der Waals surface area contributed by atoms with Gasteiger partial charge < -0.3 is 11.1 Å². The van der Waals surface area contributed by atoms with Gasteiger partial charge in [0.25, 0.3) is 5.91 Å². The normalized spacial score (nSPS) is 10.1. The monoisotopic (exact) mass is 259 g/mol. The number of nitrogens with one attached hydrogen (secondary N) is 1. The summed E-state index contributed by atoms with van der Waals surface area (Å²) in [5.74, 6) is -0.248. The first-order chi connectivity index (χ1) is 8.72. The van der Waals surface area contributed by atoms with Crippen molar-refractivity contribution in [2.24, 2.45) is 0 Å². The summed E-state index contributed by atoms with van der Waals surface area (Å²) >= 11 is 1.58. The maximum Gasteiger partial charge on any atom is 0.259 e. The van der Waals surface area contributed by atoms with Crippen molar-refractivity contribution in [3.05, 3.63) is 48.3 Å². The maximum absolute atomic E-state index is 12.1. The van der Waals surface area contributed by atoms with Gasteiger partial charge in [0.15, 0.2) is 0 Å². The molecule has 5 heteroatoms. The SMILES string of the molecule is CSc1ccccc1NC(=O)c1cnccc1N. The summed E-state index contributed by atoms with van der Waals surface area (Å²) in [4.78, 5) is 17.0. The van der Waals surface area contributed by atoms with Crippen LogP contribution in [-0.4, -0.2) is 17.1 Å². The van der Waals surface area contributed by atoms with Gasteiger partial charge >= 0.3 is 0 Å². The number of nitrogens with two attached hydrogens (primary N) is 1. The first-order valence-corrected chi connectivity index (χ1v) is 6.58. The van der Waals surface area contributed by atoms with Crippen molar-refractivity contribution in [2.75, 3.05) is 17.3 Å². The van der Waals surface area contributed by atoms with Crippen LogP contribution in [0.1, 0.15) is 10.4 Å². The van der Waals surface area contributed by atoms with Crippen LogP contribution in [0.2, 0.25) is 0 Å². The zero-order valence-corrected chi connectivity index (χ0v) is 10.7. The van der Waals surface area contributed by atoms with E-state index >= 15 is 0 Å². The Balaban J connectivity index is 2.24. The molecule has 1 aromatic heterocycles. The molecule has 2 aromatic rings. The Morgan fingerprint density at radius 3 is 2.83 bits per heavy atom. The molecule has 0 bridgehead atoms. The van der Waals surface area contributed by atoms with Crippen LogP contribution in [0.3, 0.4) is 0 Å². The maximum atomic E-state index is 12.1. The van der Waals surface area contributed by atoms with Gasteiger partial charge in [-0.3, -0.25) is 9.78 Å². The lowest BCUT2D eigenvalue weighted by molar-refractivity contribution is 0.102. The highest BCUT2D eigenvalue weighted by molar-refractivity contribution is 7.98. The fourth-order valence-electron chi connectivity index (χ4n) is 1.53. The summed E-state index contributed by atoms with van der Waals surface area (Å²) in [6.07, 6.45) is 4.98. The van der Waals surface area contributed by atoms with E-state index in [0.717, 1.165) is 10.6 Å². The van der Waals surface area contributed by atoms with Crippen molar-refractivity contribution in [1.82, 2.24) is 4.98 Å². The standard InChI is InChI=1S/C13H13N3OS/c1-18-12-5-3-2-4-11(12)16-13(17)9-8-15-7-6-10(9)14/h2-8H,1H3,(H2,14,15)(H,16,17). The number of nitrogens with zero attached hydrogens (tertiary/aromatic N) is 1. The molecule has 0 radical (unpaired) electrons. The van der Waals surface area contributed by atoms with Gasteiger partial charge in [-0.1, -0.05) is 12.1 Å². The Kier molecular flexibility index (Phi) is 3.84. The van der Waals surface area contributed by atoms with Gasteiger partial charge in [0.05, 0.1) is 11.3 Å². The number of aromatic nitrogens is 1. The molecular formula is C13H13N3OS. The molecule has 0 aliphatic rings. The number of thioether (sulfide) groups is 1. The van der Waals surface area contributed by atoms with Gasteiger partial charge in [0, 0.05) is 23.0 Å². The summed E-state index contributed by atoms with van der Waals surface area (Å²) in [6.45, 7) is 0. The Morgan fingerprint density at radius 1 is 1.33 bits per heavy atom. The number of carbonyl (C=O) groups is 1. The Morgan fingerprint density at radius 2 is 2.11 bits per heavy atom. The summed E-state index contributed by atoms with van der Waals surface area (Å²) in [6, 6.07) is 9.22. The second-order valence-corrected chi connectivity index (χ2v) is 4.47. The highest BCUT2D eigenvalue weighted by Gasteiger charge is 2.11. The number of para-hydroxylation sites is 1. The van der Waals surface area contributed by atoms with Crippen molar-refractivity contribution < 1.29 is 4.79 Å². The van der Waals surface area contributed by atoms with E-state index in [-0.39, 0.29) is 5.91 Å². The van der Waals surface area contributed by atoms with E-state index in [1.165, 1.54) is 6.20 Å². The summed E-state index contributed by atoms with van der Waals surface area (Å²) in [7, 11) is 0. The van der Waals surface area contributed by atoms with Crippen molar-refractivity contribution in [1.29, 1.82) is 0 Å².